The van der Waals surface area contributed by atoms with Gasteiger partial charge in [-0.2, -0.15) is 5.26 Å². The molecule has 0 bridgehead atoms. The summed E-state index contributed by atoms with van der Waals surface area (Å²) >= 11 is 3.33. The molecular formula is C13H10BrN3O2. The number of pyridine rings is 1. The summed E-state index contributed by atoms with van der Waals surface area (Å²) in [6.45, 7) is 1.98. The molecule has 2 N–H and O–H groups in total. The standard InChI is InChI=1S/C13H10BrN3O2/c1-2-19-13(18)9-6-17-12-8(11(9)16)3-7(5-15)4-10(12)14/h3-4,6H,2H2,1H3,(H2,16,17). The van der Waals surface area contributed by atoms with Crippen LogP contribution in [0.4, 0.5) is 5.69 Å². The van der Waals surface area contributed by atoms with Crippen LogP contribution in [0, 0.1) is 11.3 Å². The average Bonchev–Trinajstić information content (AvgIpc) is 2.39. The highest BCUT2D eigenvalue weighted by Gasteiger charge is 2.16. The van der Waals surface area contributed by atoms with Crippen molar-refractivity contribution in [1.82, 2.24) is 4.98 Å². The van der Waals surface area contributed by atoms with Crippen molar-refractivity contribution >= 4 is 38.5 Å². The van der Waals surface area contributed by atoms with Crippen LogP contribution in [0.2, 0.25) is 0 Å². The third-order valence-electron chi connectivity index (χ3n) is 2.59. The van der Waals surface area contributed by atoms with Gasteiger partial charge in [-0.25, -0.2) is 4.79 Å². The Bertz CT molecular complexity index is 707. The topological polar surface area (TPSA) is 89.0 Å². The minimum absolute atomic E-state index is 0.205. The lowest BCUT2D eigenvalue weighted by molar-refractivity contribution is 0.0527. The Morgan fingerprint density at radius 3 is 2.95 bits per heavy atom. The van der Waals surface area contributed by atoms with Gasteiger partial charge in [-0.3, -0.25) is 4.98 Å². The zero-order valence-electron chi connectivity index (χ0n) is 10.1. The van der Waals surface area contributed by atoms with E-state index in [2.05, 4.69) is 20.9 Å². The van der Waals surface area contributed by atoms with Gasteiger partial charge in [0, 0.05) is 16.1 Å². The first-order valence-electron chi connectivity index (χ1n) is 5.53. The maximum absolute atomic E-state index is 11.7. The van der Waals surface area contributed by atoms with Gasteiger partial charge in [0.05, 0.1) is 29.4 Å². The number of carbonyl (C=O) groups is 1. The third-order valence-corrected chi connectivity index (χ3v) is 3.20. The van der Waals surface area contributed by atoms with E-state index in [1.165, 1.54) is 6.20 Å². The number of nitriles is 1. The largest absolute Gasteiger partial charge is 0.462 e. The number of hydrogen-bond acceptors (Lipinski definition) is 5. The molecule has 6 heteroatoms. The number of benzene rings is 1. The Hall–Kier alpha value is -2.13. The molecule has 0 aliphatic rings. The summed E-state index contributed by atoms with van der Waals surface area (Å²) in [6, 6.07) is 5.29. The zero-order chi connectivity index (χ0) is 14.0. The normalized spacial score (nSPS) is 10.2. The van der Waals surface area contributed by atoms with Crippen molar-refractivity contribution in [2.75, 3.05) is 12.3 Å². The van der Waals surface area contributed by atoms with Gasteiger partial charge in [0.1, 0.15) is 5.56 Å². The quantitative estimate of drug-likeness (QED) is 0.859. The van der Waals surface area contributed by atoms with Crippen LogP contribution >= 0.6 is 15.9 Å². The molecule has 1 aromatic heterocycles. The molecule has 0 saturated heterocycles. The highest BCUT2D eigenvalue weighted by molar-refractivity contribution is 9.10. The number of nitrogens with zero attached hydrogens (tertiary/aromatic N) is 2. The SMILES string of the molecule is CCOC(=O)c1cnc2c(Br)cc(C#N)cc2c1N. The van der Waals surface area contributed by atoms with E-state index in [4.69, 9.17) is 15.7 Å². The monoisotopic (exact) mass is 319 g/mol. The van der Waals surface area contributed by atoms with Gasteiger partial charge in [0.25, 0.3) is 0 Å². The number of anilines is 1. The second-order valence-electron chi connectivity index (χ2n) is 3.77. The number of carbonyl (C=O) groups excluding carboxylic acids is 1. The summed E-state index contributed by atoms with van der Waals surface area (Å²) in [4.78, 5) is 15.9. The van der Waals surface area contributed by atoms with Gasteiger partial charge < -0.3 is 10.5 Å². The van der Waals surface area contributed by atoms with E-state index in [0.29, 0.717) is 20.9 Å². The second kappa shape index (κ2) is 5.24. The zero-order valence-corrected chi connectivity index (χ0v) is 11.7. The van der Waals surface area contributed by atoms with Crippen molar-refractivity contribution in [3.63, 3.8) is 0 Å². The number of fused-ring (bicyclic) bond motifs is 1. The van der Waals surface area contributed by atoms with Crippen LogP contribution in [-0.2, 0) is 4.74 Å². The van der Waals surface area contributed by atoms with E-state index in [1.807, 2.05) is 6.07 Å². The molecule has 5 nitrogen and oxygen atoms in total. The Balaban J connectivity index is 2.70. The molecule has 0 unspecified atom stereocenters. The van der Waals surface area contributed by atoms with Crippen molar-refractivity contribution in [2.24, 2.45) is 0 Å². The molecule has 19 heavy (non-hydrogen) atoms. The Labute approximate surface area is 118 Å². The number of rotatable bonds is 2. The number of nitrogen functional groups attached to an aromatic ring is 1. The Morgan fingerprint density at radius 1 is 1.58 bits per heavy atom. The molecule has 2 rings (SSSR count). The summed E-state index contributed by atoms with van der Waals surface area (Å²) < 4.78 is 5.56. The van der Waals surface area contributed by atoms with Crippen LogP contribution in [-0.4, -0.2) is 17.6 Å². The van der Waals surface area contributed by atoms with Gasteiger partial charge >= 0.3 is 5.97 Å². The summed E-state index contributed by atoms with van der Waals surface area (Å²) in [6.07, 6.45) is 1.38. The number of esters is 1. The molecule has 0 radical (unpaired) electrons. The number of nitrogens with two attached hydrogens (primary N) is 1. The summed E-state index contributed by atoms with van der Waals surface area (Å²) in [5.74, 6) is -0.520. The molecule has 96 valence electrons. The van der Waals surface area contributed by atoms with Gasteiger partial charge in [0.2, 0.25) is 0 Å². The lowest BCUT2D eigenvalue weighted by Gasteiger charge is -2.09. The lowest BCUT2D eigenvalue weighted by atomic mass is 10.1. The third kappa shape index (κ3) is 2.37. The van der Waals surface area contributed by atoms with Crippen molar-refractivity contribution in [2.45, 2.75) is 6.92 Å². The maximum atomic E-state index is 11.7. The molecule has 0 aliphatic heterocycles. The van der Waals surface area contributed by atoms with Crippen LogP contribution in [0.1, 0.15) is 22.8 Å². The van der Waals surface area contributed by atoms with Crippen molar-refractivity contribution < 1.29 is 9.53 Å². The van der Waals surface area contributed by atoms with E-state index < -0.39 is 5.97 Å². The number of aromatic nitrogens is 1. The minimum atomic E-state index is -0.520. The van der Waals surface area contributed by atoms with E-state index in [0.717, 1.165) is 0 Å². The summed E-state index contributed by atoms with van der Waals surface area (Å²) in [5, 5.41) is 9.50. The number of halogens is 1. The smallest absolute Gasteiger partial charge is 0.341 e. The van der Waals surface area contributed by atoms with Crippen LogP contribution in [0.25, 0.3) is 10.9 Å². The first-order chi connectivity index (χ1) is 9.08. The van der Waals surface area contributed by atoms with Crippen molar-refractivity contribution in [3.8, 4) is 6.07 Å². The predicted octanol–water partition coefficient (Wildman–Crippen LogP) is 2.63. The Morgan fingerprint density at radius 2 is 2.32 bits per heavy atom. The first kappa shape index (κ1) is 13.3. The van der Waals surface area contributed by atoms with E-state index in [-0.39, 0.29) is 17.9 Å². The fourth-order valence-corrected chi connectivity index (χ4v) is 2.28. The molecular weight excluding hydrogens is 310 g/mol. The molecule has 1 heterocycles. The van der Waals surface area contributed by atoms with Crippen LogP contribution in [0.5, 0.6) is 0 Å². The Kier molecular flexibility index (Phi) is 3.67. The summed E-state index contributed by atoms with van der Waals surface area (Å²) in [5.41, 5.74) is 7.48. The van der Waals surface area contributed by atoms with Gasteiger partial charge in [-0.15, -0.1) is 0 Å². The molecule has 1 aromatic carbocycles. The molecule has 2 aromatic rings. The van der Waals surface area contributed by atoms with E-state index in [9.17, 15) is 4.79 Å². The fourth-order valence-electron chi connectivity index (χ4n) is 1.72. The molecule has 0 spiro atoms. The predicted molar refractivity (Wildman–Crippen MR) is 74.5 cm³/mol. The number of hydrogen-bond donors (Lipinski definition) is 1. The van der Waals surface area contributed by atoms with Crippen LogP contribution in [0.15, 0.2) is 22.8 Å². The molecule has 0 aliphatic carbocycles. The first-order valence-corrected chi connectivity index (χ1v) is 6.32. The lowest BCUT2D eigenvalue weighted by Crippen LogP contribution is -2.09. The van der Waals surface area contributed by atoms with Crippen LogP contribution in [0.3, 0.4) is 0 Å². The molecule has 0 fully saturated rings. The number of ether oxygens (including phenoxy) is 1. The van der Waals surface area contributed by atoms with E-state index in [1.54, 1.807) is 19.1 Å². The molecule has 0 atom stereocenters. The fraction of sp³-hybridized carbons (Fsp3) is 0.154. The average molecular weight is 320 g/mol. The maximum Gasteiger partial charge on any atom is 0.341 e. The highest BCUT2D eigenvalue weighted by Crippen LogP contribution is 2.30. The van der Waals surface area contributed by atoms with Crippen molar-refractivity contribution in [3.05, 3.63) is 33.9 Å². The molecule has 0 saturated carbocycles. The summed E-state index contributed by atoms with van der Waals surface area (Å²) in [7, 11) is 0. The second-order valence-corrected chi connectivity index (χ2v) is 4.63. The van der Waals surface area contributed by atoms with Gasteiger partial charge in [0.15, 0.2) is 0 Å². The minimum Gasteiger partial charge on any atom is -0.462 e. The van der Waals surface area contributed by atoms with Crippen LogP contribution < -0.4 is 5.73 Å². The van der Waals surface area contributed by atoms with E-state index >= 15 is 0 Å². The highest BCUT2D eigenvalue weighted by atomic mass is 79.9. The van der Waals surface area contributed by atoms with Crippen molar-refractivity contribution in [1.29, 1.82) is 5.26 Å². The van der Waals surface area contributed by atoms with Gasteiger partial charge in [-0.05, 0) is 35.0 Å². The van der Waals surface area contributed by atoms with Gasteiger partial charge in [-0.1, -0.05) is 0 Å². The molecule has 0 amide bonds.